The van der Waals surface area contributed by atoms with Gasteiger partial charge in [0, 0.05) is 10.6 Å². The molecule has 1 aliphatic carbocycles. The van der Waals surface area contributed by atoms with Gasteiger partial charge in [0.1, 0.15) is 0 Å². The van der Waals surface area contributed by atoms with E-state index in [1.54, 1.807) is 11.3 Å². The van der Waals surface area contributed by atoms with E-state index in [9.17, 15) is 4.79 Å². The van der Waals surface area contributed by atoms with Crippen LogP contribution in [-0.2, 0) is 12.8 Å². The predicted octanol–water partition coefficient (Wildman–Crippen LogP) is 4.02. The highest BCUT2D eigenvalue weighted by atomic mass is 32.1. The van der Waals surface area contributed by atoms with Crippen molar-refractivity contribution in [3.8, 4) is 0 Å². The highest BCUT2D eigenvalue weighted by Crippen LogP contribution is 2.38. The summed E-state index contributed by atoms with van der Waals surface area (Å²) in [5.41, 5.74) is 9.89. The summed E-state index contributed by atoms with van der Waals surface area (Å²) in [6, 6.07) is 7.80. The first-order valence-corrected chi connectivity index (χ1v) is 8.15. The zero-order valence-electron chi connectivity index (χ0n) is 12.4. The van der Waals surface area contributed by atoms with Crippen molar-refractivity contribution in [3.63, 3.8) is 0 Å². The van der Waals surface area contributed by atoms with Gasteiger partial charge in [0.05, 0.1) is 10.6 Å². The van der Waals surface area contributed by atoms with Crippen molar-refractivity contribution in [2.24, 2.45) is 5.92 Å². The summed E-state index contributed by atoms with van der Waals surface area (Å²) in [5, 5.41) is 3.66. The van der Waals surface area contributed by atoms with Crippen molar-refractivity contribution in [1.29, 1.82) is 0 Å². The fourth-order valence-electron chi connectivity index (χ4n) is 2.92. The van der Waals surface area contributed by atoms with Crippen molar-refractivity contribution >= 4 is 27.9 Å². The molecule has 3 nitrogen and oxygen atoms in total. The Morgan fingerprint density at radius 2 is 2.14 bits per heavy atom. The van der Waals surface area contributed by atoms with E-state index in [2.05, 4.69) is 12.2 Å². The Labute approximate surface area is 129 Å². The number of hydrogen-bond acceptors (Lipinski definition) is 3. The molecule has 1 atom stereocenters. The molecule has 0 aliphatic heterocycles. The number of aryl methyl sites for hydroxylation is 1. The maximum Gasteiger partial charge on any atom is 0.258 e. The summed E-state index contributed by atoms with van der Waals surface area (Å²) < 4.78 is 0. The second kappa shape index (κ2) is 5.53. The summed E-state index contributed by atoms with van der Waals surface area (Å²) >= 11 is 1.58. The third-order valence-corrected chi connectivity index (χ3v) is 5.24. The number of nitrogen functional groups attached to an aromatic ring is 1. The average Bonchev–Trinajstić information content (AvgIpc) is 2.76. The van der Waals surface area contributed by atoms with Crippen molar-refractivity contribution in [2.75, 3.05) is 11.1 Å². The maximum atomic E-state index is 12.6. The van der Waals surface area contributed by atoms with Crippen molar-refractivity contribution < 1.29 is 4.79 Å². The van der Waals surface area contributed by atoms with Crippen LogP contribution >= 0.6 is 11.3 Å². The number of anilines is 2. The number of carbonyl (C=O) groups is 1. The molecule has 3 N–H and O–H groups in total. The molecular weight excluding hydrogens is 280 g/mol. The normalized spacial score (nSPS) is 17.3. The zero-order chi connectivity index (χ0) is 15.0. The minimum Gasteiger partial charge on any atom is -0.390 e. The average molecular weight is 300 g/mol. The molecule has 2 aromatic rings. The minimum atomic E-state index is -0.0751. The van der Waals surface area contributed by atoms with Gasteiger partial charge in [-0.1, -0.05) is 25.1 Å². The van der Waals surface area contributed by atoms with Crippen LogP contribution in [0.4, 0.5) is 10.7 Å². The first kappa shape index (κ1) is 14.1. The van der Waals surface area contributed by atoms with Crippen molar-refractivity contribution in [1.82, 2.24) is 0 Å². The van der Waals surface area contributed by atoms with Gasteiger partial charge >= 0.3 is 0 Å². The fourth-order valence-corrected chi connectivity index (χ4v) is 4.20. The van der Waals surface area contributed by atoms with Crippen LogP contribution in [-0.4, -0.2) is 5.91 Å². The second-order valence-electron chi connectivity index (χ2n) is 5.86. The van der Waals surface area contributed by atoms with Gasteiger partial charge in [-0.05, 0) is 49.3 Å². The van der Waals surface area contributed by atoms with E-state index in [-0.39, 0.29) is 5.91 Å². The number of nitrogens with two attached hydrogens (primary N) is 1. The van der Waals surface area contributed by atoms with Gasteiger partial charge in [0.25, 0.3) is 5.91 Å². The molecule has 0 unspecified atom stereocenters. The first-order valence-electron chi connectivity index (χ1n) is 7.33. The van der Waals surface area contributed by atoms with Crippen LogP contribution in [0.5, 0.6) is 0 Å². The smallest absolute Gasteiger partial charge is 0.258 e. The van der Waals surface area contributed by atoms with Crippen LogP contribution in [0.2, 0.25) is 0 Å². The van der Waals surface area contributed by atoms with E-state index in [1.165, 1.54) is 10.4 Å². The van der Waals surface area contributed by atoms with Gasteiger partial charge in [-0.15, -0.1) is 11.3 Å². The van der Waals surface area contributed by atoms with Crippen LogP contribution in [0.1, 0.15) is 39.7 Å². The first-order chi connectivity index (χ1) is 10.1. The Hall–Kier alpha value is -1.81. The van der Waals surface area contributed by atoms with E-state index in [0.29, 0.717) is 16.5 Å². The zero-order valence-corrected chi connectivity index (χ0v) is 13.2. The molecular formula is C17H20N2OS. The lowest BCUT2D eigenvalue weighted by molar-refractivity contribution is 0.102. The Bertz CT molecular complexity index is 690. The van der Waals surface area contributed by atoms with Crippen LogP contribution in [0.15, 0.2) is 24.3 Å². The number of amides is 1. The second-order valence-corrected chi connectivity index (χ2v) is 7.00. The van der Waals surface area contributed by atoms with E-state index < -0.39 is 0 Å². The molecule has 0 spiro atoms. The molecule has 0 saturated heterocycles. The molecule has 3 rings (SSSR count). The highest BCUT2D eigenvalue weighted by molar-refractivity contribution is 7.16. The summed E-state index contributed by atoms with van der Waals surface area (Å²) in [6.07, 6.45) is 3.14. The van der Waals surface area contributed by atoms with Crippen LogP contribution in [0.3, 0.4) is 0 Å². The number of benzene rings is 1. The SMILES string of the molecule is Cc1ccccc1NC(=O)c1c(N)sc2c1CC[C@H](C)C2. The maximum absolute atomic E-state index is 12.6. The summed E-state index contributed by atoms with van der Waals surface area (Å²) in [6.45, 7) is 4.25. The summed E-state index contributed by atoms with van der Waals surface area (Å²) in [7, 11) is 0. The molecule has 0 saturated carbocycles. The molecule has 1 amide bonds. The van der Waals surface area contributed by atoms with E-state index >= 15 is 0 Å². The number of nitrogens with one attached hydrogen (secondary N) is 1. The third kappa shape index (κ3) is 2.68. The molecule has 1 heterocycles. The van der Waals surface area contributed by atoms with Crippen LogP contribution in [0, 0.1) is 12.8 Å². The van der Waals surface area contributed by atoms with Gasteiger partial charge in [-0.2, -0.15) is 0 Å². The largest absolute Gasteiger partial charge is 0.390 e. The Morgan fingerprint density at radius 1 is 1.38 bits per heavy atom. The van der Waals surface area contributed by atoms with Gasteiger partial charge in [0.2, 0.25) is 0 Å². The molecule has 4 heteroatoms. The molecule has 1 aliphatic rings. The molecule has 0 radical (unpaired) electrons. The number of fused-ring (bicyclic) bond motifs is 1. The van der Waals surface area contributed by atoms with Crippen molar-refractivity contribution in [2.45, 2.75) is 33.1 Å². The fraction of sp³-hybridized carbons (Fsp3) is 0.353. The van der Waals surface area contributed by atoms with E-state index in [4.69, 9.17) is 5.73 Å². The Balaban J connectivity index is 1.91. The Morgan fingerprint density at radius 3 is 2.90 bits per heavy atom. The summed E-state index contributed by atoms with van der Waals surface area (Å²) in [5.74, 6) is 0.608. The van der Waals surface area contributed by atoms with Gasteiger partial charge in [-0.25, -0.2) is 0 Å². The van der Waals surface area contributed by atoms with Crippen LogP contribution in [0.25, 0.3) is 0 Å². The topological polar surface area (TPSA) is 55.1 Å². The number of hydrogen-bond donors (Lipinski definition) is 2. The number of thiophene rings is 1. The van der Waals surface area contributed by atoms with Crippen LogP contribution < -0.4 is 11.1 Å². The quantitative estimate of drug-likeness (QED) is 0.880. The van der Waals surface area contributed by atoms with Gasteiger partial charge in [-0.3, -0.25) is 4.79 Å². The molecule has 21 heavy (non-hydrogen) atoms. The molecule has 1 aromatic carbocycles. The lowest BCUT2D eigenvalue weighted by atomic mass is 9.88. The van der Waals surface area contributed by atoms with E-state index in [0.717, 1.165) is 30.5 Å². The predicted molar refractivity (Wildman–Crippen MR) is 89.1 cm³/mol. The molecule has 110 valence electrons. The number of para-hydroxylation sites is 1. The van der Waals surface area contributed by atoms with E-state index in [1.807, 2.05) is 31.2 Å². The lowest BCUT2D eigenvalue weighted by Crippen LogP contribution is -2.18. The lowest BCUT2D eigenvalue weighted by Gasteiger charge is -2.18. The van der Waals surface area contributed by atoms with Crippen molar-refractivity contribution in [3.05, 3.63) is 45.8 Å². The molecule has 0 bridgehead atoms. The Kier molecular flexibility index (Phi) is 3.72. The highest BCUT2D eigenvalue weighted by Gasteiger charge is 2.26. The third-order valence-electron chi connectivity index (χ3n) is 4.16. The number of rotatable bonds is 2. The standard InChI is InChI=1S/C17H20N2OS/c1-10-7-8-12-14(9-10)21-16(18)15(12)17(20)19-13-6-4-3-5-11(13)2/h3-6,10H,7-9,18H2,1-2H3,(H,19,20)/t10-/m0/s1. The molecule has 0 fully saturated rings. The number of carbonyl (C=O) groups excluding carboxylic acids is 1. The molecule has 1 aromatic heterocycles. The minimum absolute atomic E-state index is 0.0751. The monoisotopic (exact) mass is 300 g/mol. The van der Waals surface area contributed by atoms with Gasteiger partial charge < -0.3 is 11.1 Å². The summed E-state index contributed by atoms with van der Waals surface area (Å²) in [4.78, 5) is 13.9. The van der Waals surface area contributed by atoms with Gasteiger partial charge in [0.15, 0.2) is 0 Å².